The van der Waals surface area contributed by atoms with Crippen LogP contribution in [0.15, 0.2) is 18.2 Å². The highest BCUT2D eigenvalue weighted by atomic mass is 16.6. The van der Waals surface area contributed by atoms with Crippen molar-refractivity contribution in [1.29, 1.82) is 0 Å². The lowest BCUT2D eigenvalue weighted by Gasteiger charge is -2.33. The van der Waals surface area contributed by atoms with Gasteiger partial charge in [-0.2, -0.15) is 0 Å². The van der Waals surface area contributed by atoms with Crippen LogP contribution in [-0.4, -0.2) is 42.9 Å². The van der Waals surface area contributed by atoms with E-state index in [1.54, 1.807) is 12.1 Å². The standard InChI is InChI=1S/C20H28N4O4/c1-21-20(26)15-6-7-17(18(13-15)24(27)28)23-10-8-16(9-11-23)22-19(25)12-14-4-2-3-5-14/h6-7,13-14,16H,2-5,8-12H2,1H3,(H,21,26)(H,22,25). The number of amides is 2. The largest absolute Gasteiger partial charge is 0.366 e. The van der Waals surface area contributed by atoms with Gasteiger partial charge in [-0.1, -0.05) is 12.8 Å². The summed E-state index contributed by atoms with van der Waals surface area (Å²) in [6.45, 7) is 1.27. The van der Waals surface area contributed by atoms with Crippen LogP contribution in [0.1, 0.15) is 55.3 Å². The van der Waals surface area contributed by atoms with Gasteiger partial charge in [0.05, 0.1) is 4.92 Å². The van der Waals surface area contributed by atoms with Crippen LogP contribution in [-0.2, 0) is 4.79 Å². The lowest BCUT2D eigenvalue weighted by atomic mass is 10.0. The molecule has 0 bridgehead atoms. The molecule has 8 heteroatoms. The molecule has 2 fully saturated rings. The molecule has 1 aromatic carbocycles. The molecule has 152 valence electrons. The number of nitro groups is 1. The van der Waals surface area contributed by atoms with E-state index in [1.165, 1.54) is 26.0 Å². The van der Waals surface area contributed by atoms with E-state index in [1.807, 2.05) is 4.90 Å². The summed E-state index contributed by atoms with van der Waals surface area (Å²) < 4.78 is 0. The minimum atomic E-state index is -0.447. The highest BCUT2D eigenvalue weighted by Crippen LogP contribution is 2.32. The number of anilines is 1. The van der Waals surface area contributed by atoms with Crippen LogP contribution < -0.4 is 15.5 Å². The molecule has 2 N–H and O–H groups in total. The fourth-order valence-electron chi connectivity index (χ4n) is 4.25. The van der Waals surface area contributed by atoms with Crippen molar-refractivity contribution in [2.45, 2.75) is 51.0 Å². The van der Waals surface area contributed by atoms with Crippen molar-refractivity contribution in [2.75, 3.05) is 25.0 Å². The maximum absolute atomic E-state index is 12.2. The van der Waals surface area contributed by atoms with Crippen LogP contribution in [0, 0.1) is 16.0 Å². The Kier molecular flexibility index (Phi) is 6.49. The average Bonchev–Trinajstić information content (AvgIpc) is 3.20. The minimum Gasteiger partial charge on any atom is -0.366 e. The van der Waals surface area contributed by atoms with Crippen molar-refractivity contribution in [3.8, 4) is 0 Å². The van der Waals surface area contributed by atoms with Crippen LogP contribution in [0.4, 0.5) is 11.4 Å². The summed E-state index contributed by atoms with van der Waals surface area (Å²) in [5, 5.41) is 17.1. The number of carbonyl (C=O) groups is 2. The summed E-state index contributed by atoms with van der Waals surface area (Å²) >= 11 is 0. The third-order valence-corrected chi connectivity index (χ3v) is 5.81. The first-order chi connectivity index (χ1) is 13.5. The summed E-state index contributed by atoms with van der Waals surface area (Å²) in [5.41, 5.74) is 0.727. The van der Waals surface area contributed by atoms with Gasteiger partial charge in [0.25, 0.3) is 11.6 Å². The zero-order chi connectivity index (χ0) is 20.1. The molecular formula is C20H28N4O4. The van der Waals surface area contributed by atoms with Gasteiger partial charge >= 0.3 is 0 Å². The van der Waals surface area contributed by atoms with E-state index in [0.29, 0.717) is 31.1 Å². The van der Waals surface area contributed by atoms with E-state index in [9.17, 15) is 19.7 Å². The first-order valence-corrected chi connectivity index (χ1v) is 10.0. The lowest BCUT2D eigenvalue weighted by Crippen LogP contribution is -2.45. The number of nitro benzene ring substituents is 1. The highest BCUT2D eigenvalue weighted by molar-refractivity contribution is 5.95. The molecule has 28 heavy (non-hydrogen) atoms. The Balaban J connectivity index is 1.58. The molecule has 8 nitrogen and oxygen atoms in total. The monoisotopic (exact) mass is 388 g/mol. The Labute approximate surface area is 164 Å². The van der Waals surface area contributed by atoms with Gasteiger partial charge in [0, 0.05) is 44.2 Å². The molecular weight excluding hydrogens is 360 g/mol. The number of hydrogen-bond acceptors (Lipinski definition) is 5. The second-order valence-corrected chi connectivity index (χ2v) is 7.72. The smallest absolute Gasteiger partial charge is 0.293 e. The number of nitrogens with zero attached hydrogens (tertiary/aromatic N) is 2. The Morgan fingerprint density at radius 3 is 2.46 bits per heavy atom. The molecule has 1 saturated heterocycles. The highest BCUT2D eigenvalue weighted by Gasteiger charge is 2.27. The van der Waals surface area contributed by atoms with Crippen molar-refractivity contribution in [3.63, 3.8) is 0 Å². The molecule has 1 saturated carbocycles. The number of piperidine rings is 1. The number of carbonyl (C=O) groups excluding carboxylic acids is 2. The Morgan fingerprint density at radius 2 is 1.86 bits per heavy atom. The Bertz CT molecular complexity index is 738. The molecule has 0 unspecified atom stereocenters. The zero-order valence-electron chi connectivity index (χ0n) is 16.3. The number of nitrogens with one attached hydrogen (secondary N) is 2. The molecule has 0 aromatic heterocycles. The molecule has 3 rings (SSSR count). The quantitative estimate of drug-likeness (QED) is 0.576. The van der Waals surface area contributed by atoms with E-state index in [-0.39, 0.29) is 29.1 Å². The van der Waals surface area contributed by atoms with Crippen molar-refractivity contribution in [1.82, 2.24) is 10.6 Å². The van der Waals surface area contributed by atoms with Crippen LogP contribution in [0.3, 0.4) is 0 Å². The summed E-state index contributed by atoms with van der Waals surface area (Å²) in [5.74, 6) is 0.311. The predicted molar refractivity (Wildman–Crippen MR) is 106 cm³/mol. The predicted octanol–water partition coefficient (Wildman–Crippen LogP) is 2.62. The molecule has 2 amide bonds. The van der Waals surface area contributed by atoms with Crippen molar-refractivity contribution < 1.29 is 14.5 Å². The number of hydrogen-bond donors (Lipinski definition) is 2. The third kappa shape index (κ3) is 4.79. The zero-order valence-corrected chi connectivity index (χ0v) is 16.3. The minimum absolute atomic E-state index is 0.0650. The fourth-order valence-corrected chi connectivity index (χ4v) is 4.25. The third-order valence-electron chi connectivity index (χ3n) is 5.81. The lowest BCUT2D eigenvalue weighted by molar-refractivity contribution is -0.384. The average molecular weight is 388 g/mol. The van der Waals surface area contributed by atoms with Gasteiger partial charge in [-0.3, -0.25) is 19.7 Å². The van der Waals surface area contributed by atoms with Crippen LogP contribution in [0.2, 0.25) is 0 Å². The van der Waals surface area contributed by atoms with Gasteiger partial charge in [-0.15, -0.1) is 0 Å². The van der Waals surface area contributed by atoms with Gasteiger partial charge in [0.1, 0.15) is 5.69 Å². The van der Waals surface area contributed by atoms with E-state index in [0.717, 1.165) is 25.7 Å². The maximum atomic E-state index is 12.2. The summed E-state index contributed by atoms with van der Waals surface area (Å²) in [6, 6.07) is 4.69. The Morgan fingerprint density at radius 1 is 1.18 bits per heavy atom. The molecule has 0 radical (unpaired) electrons. The molecule has 1 aliphatic carbocycles. The second kappa shape index (κ2) is 9.03. The molecule has 1 aromatic rings. The van der Waals surface area contributed by atoms with E-state index < -0.39 is 4.92 Å². The van der Waals surface area contributed by atoms with Crippen LogP contribution in [0.5, 0.6) is 0 Å². The first kappa shape index (κ1) is 20.1. The number of rotatable bonds is 6. The van der Waals surface area contributed by atoms with Gasteiger partial charge in [0.15, 0.2) is 0 Å². The van der Waals surface area contributed by atoms with Crippen molar-refractivity contribution in [3.05, 3.63) is 33.9 Å². The molecule has 1 heterocycles. The normalized spacial score (nSPS) is 18.1. The number of benzene rings is 1. The van der Waals surface area contributed by atoms with E-state index in [2.05, 4.69) is 10.6 Å². The molecule has 1 aliphatic heterocycles. The summed E-state index contributed by atoms with van der Waals surface area (Å²) in [7, 11) is 1.49. The summed E-state index contributed by atoms with van der Waals surface area (Å²) in [6.07, 6.45) is 6.90. The van der Waals surface area contributed by atoms with Gasteiger partial charge in [0.2, 0.25) is 5.91 Å². The van der Waals surface area contributed by atoms with Crippen molar-refractivity contribution in [2.24, 2.45) is 5.92 Å². The fraction of sp³-hybridized carbons (Fsp3) is 0.600. The van der Waals surface area contributed by atoms with Gasteiger partial charge in [-0.05, 0) is 43.7 Å². The van der Waals surface area contributed by atoms with E-state index in [4.69, 9.17) is 0 Å². The molecule has 2 aliphatic rings. The van der Waals surface area contributed by atoms with Crippen LogP contribution >= 0.6 is 0 Å². The summed E-state index contributed by atoms with van der Waals surface area (Å²) in [4.78, 5) is 37.0. The first-order valence-electron chi connectivity index (χ1n) is 10.0. The molecule has 0 spiro atoms. The van der Waals surface area contributed by atoms with Crippen molar-refractivity contribution >= 4 is 23.2 Å². The van der Waals surface area contributed by atoms with Crippen LogP contribution in [0.25, 0.3) is 0 Å². The maximum Gasteiger partial charge on any atom is 0.293 e. The van der Waals surface area contributed by atoms with E-state index >= 15 is 0 Å². The Hall–Kier alpha value is -2.64. The topological polar surface area (TPSA) is 105 Å². The van der Waals surface area contributed by atoms with Gasteiger partial charge in [-0.25, -0.2) is 0 Å². The van der Waals surface area contributed by atoms with Gasteiger partial charge < -0.3 is 15.5 Å². The molecule has 0 atom stereocenters. The second-order valence-electron chi connectivity index (χ2n) is 7.72. The SMILES string of the molecule is CNC(=O)c1ccc(N2CCC(NC(=O)CC3CCCC3)CC2)c([N+](=O)[O-])c1.